The molecule has 4 rings (SSSR count). The van der Waals surface area contributed by atoms with E-state index in [-0.39, 0.29) is 6.04 Å². The van der Waals surface area contributed by atoms with Gasteiger partial charge in [0.1, 0.15) is 5.82 Å². The van der Waals surface area contributed by atoms with Gasteiger partial charge in [0, 0.05) is 51.3 Å². The van der Waals surface area contributed by atoms with Crippen LogP contribution in [-0.2, 0) is 6.54 Å². The van der Waals surface area contributed by atoms with Gasteiger partial charge in [-0.05, 0) is 30.2 Å². The lowest BCUT2D eigenvalue weighted by Gasteiger charge is -2.20. The first-order chi connectivity index (χ1) is 14.2. The van der Waals surface area contributed by atoms with Gasteiger partial charge in [0.15, 0.2) is 5.96 Å². The molecule has 7 nitrogen and oxygen atoms in total. The lowest BCUT2D eigenvalue weighted by molar-refractivity contribution is 0.648. The van der Waals surface area contributed by atoms with Crippen molar-refractivity contribution in [2.45, 2.75) is 19.0 Å². The number of aliphatic imine (C=N–C) groups is 1. The van der Waals surface area contributed by atoms with Gasteiger partial charge in [-0.2, -0.15) is 0 Å². The van der Waals surface area contributed by atoms with Crippen molar-refractivity contribution in [3.05, 3.63) is 71.9 Å². The van der Waals surface area contributed by atoms with Crippen LogP contribution in [0.2, 0.25) is 5.02 Å². The fourth-order valence-corrected chi connectivity index (χ4v) is 3.80. The molecule has 0 amide bonds. The second kappa shape index (κ2) is 8.96. The van der Waals surface area contributed by atoms with Crippen LogP contribution in [0.4, 0.5) is 5.82 Å². The second-order valence-corrected chi connectivity index (χ2v) is 7.32. The maximum absolute atomic E-state index is 6.29. The number of pyridine rings is 1. The predicted octanol–water partition coefficient (Wildman–Crippen LogP) is 2.86. The van der Waals surface area contributed by atoms with E-state index in [4.69, 9.17) is 11.6 Å². The van der Waals surface area contributed by atoms with Crippen LogP contribution in [0.1, 0.15) is 12.0 Å². The fourth-order valence-electron chi connectivity index (χ4n) is 3.56. The number of rotatable bonds is 5. The highest BCUT2D eigenvalue weighted by Crippen LogP contribution is 2.25. The minimum absolute atomic E-state index is 0.281. The minimum atomic E-state index is 0.281. The summed E-state index contributed by atoms with van der Waals surface area (Å²) >= 11 is 6.29. The van der Waals surface area contributed by atoms with E-state index >= 15 is 0 Å². The number of guanidine groups is 1. The average Bonchev–Trinajstić information content (AvgIpc) is 3.44. The number of imidazole rings is 1. The molecular weight excluding hydrogens is 386 g/mol. The van der Waals surface area contributed by atoms with E-state index in [1.165, 1.54) is 5.56 Å². The molecule has 150 valence electrons. The van der Waals surface area contributed by atoms with Gasteiger partial charge in [-0.1, -0.05) is 29.8 Å². The number of nitrogens with zero attached hydrogens (tertiary/aromatic N) is 5. The number of para-hydroxylation sites is 1. The van der Waals surface area contributed by atoms with Gasteiger partial charge in [0.05, 0.1) is 17.0 Å². The van der Waals surface area contributed by atoms with E-state index in [9.17, 15) is 0 Å². The molecule has 1 saturated heterocycles. The van der Waals surface area contributed by atoms with Crippen LogP contribution in [0.15, 0.2) is 66.3 Å². The summed E-state index contributed by atoms with van der Waals surface area (Å²) in [5.41, 5.74) is 2.27. The number of halogens is 1. The summed E-state index contributed by atoms with van der Waals surface area (Å²) < 4.78 is 2.01. The number of aromatic nitrogens is 3. The zero-order valence-corrected chi connectivity index (χ0v) is 17.0. The molecule has 3 heterocycles. The Bertz CT molecular complexity index is 971. The highest BCUT2D eigenvalue weighted by molar-refractivity contribution is 6.32. The Hall–Kier alpha value is -3.06. The van der Waals surface area contributed by atoms with Crippen LogP contribution < -0.4 is 15.5 Å². The largest absolute Gasteiger partial charge is 0.353 e. The summed E-state index contributed by atoms with van der Waals surface area (Å²) in [7, 11) is 1.79. The summed E-state index contributed by atoms with van der Waals surface area (Å²) in [5.74, 6) is 1.63. The molecule has 1 aromatic carbocycles. The Balaban J connectivity index is 1.36. The van der Waals surface area contributed by atoms with E-state index in [2.05, 4.69) is 42.6 Å². The van der Waals surface area contributed by atoms with Crippen LogP contribution in [0.5, 0.6) is 0 Å². The van der Waals surface area contributed by atoms with E-state index in [1.807, 2.05) is 41.4 Å². The lowest BCUT2D eigenvalue weighted by Crippen LogP contribution is -2.44. The lowest BCUT2D eigenvalue weighted by atomic mass is 10.1. The van der Waals surface area contributed by atoms with Gasteiger partial charge in [-0.15, -0.1) is 0 Å². The van der Waals surface area contributed by atoms with Crippen molar-refractivity contribution in [1.29, 1.82) is 0 Å². The second-order valence-electron chi connectivity index (χ2n) is 6.91. The summed E-state index contributed by atoms with van der Waals surface area (Å²) in [6, 6.07) is 12.3. The molecule has 3 aromatic rings. The summed E-state index contributed by atoms with van der Waals surface area (Å²) in [5, 5.41) is 7.63. The Kier molecular flexibility index (Phi) is 5.95. The van der Waals surface area contributed by atoms with Crippen LogP contribution in [0, 0.1) is 0 Å². The molecule has 1 fully saturated rings. The van der Waals surface area contributed by atoms with E-state index in [0.717, 1.165) is 37.0 Å². The Morgan fingerprint density at radius 2 is 2.14 bits per heavy atom. The molecule has 1 atom stereocenters. The molecule has 2 aromatic heterocycles. The summed E-state index contributed by atoms with van der Waals surface area (Å²) in [6.45, 7) is 2.41. The topological polar surface area (TPSA) is 70.4 Å². The Morgan fingerprint density at radius 3 is 2.93 bits per heavy atom. The predicted molar refractivity (Wildman–Crippen MR) is 117 cm³/mol. The third-order valence-corrected chi connectivity index (χ3v) is 5.31. The number of hydrogen-bond donors (Lipinski definition) is 2. The summed E-state index contributed by atoms with van der Waals surface area (Å²) in [6.07, 6.45) is 8.31. The monoisotopic (exact) mass is 409 g/mol. The molecule has 1 aliphatic heterocycles. The van der Waals surface area contributed by atoms with Crippen molar-refractivity contribution in [3.8, 4) is 5.69 Å². The fraction of sp³-hybridized carbons (Fsp3) is 0.286. The smallest absolute Gasteiger partial charge is 0.191 e. The van der Waals surface area contributed by atoms with Gasteiger partial charge < -0.3 is 20.1 Å². The van der Waals surface area contributed by atoms with Crippen molar-refractivity contribution in [2.24, 2.45) is 4.99 Å². The number of hydrogen-bond acceptors (Lipinski definition) is 4. The molecule has 0 saturated carbocycles. The van der Waals surface area contributed by atoms with Crippen LogP contribution >= 0.6 is 11.6 Å². The SMILES string of the molecule is CN=C(NCc1ccccc1-n1ccnc1)NC1CCN(c2ncccc2Cl)C1. The maximum atomic E-state index is 6.29. The van der Waals surface area contributed by atoms with Crippen molar-refractivity contribution in [2.75, 3.05) is 25.0 Å². The molecule has 0 bridgehead atoms. The molecule has 2 N–H and O–H groups in total. The molecular formula is C21H24ClN7. The molecule has 1 aliphatic rings. The van der Waals surface area contributed by atoms with E-state index in [1.54, 1.807) is 19.4 Å². The van der Waals surface area contributed by atoms with Gasteiger partial charge in [0.25, 0.3) is 0 Å². The molecule has 8 heteroatoms. The number of benzene rings is 1. The first-order valence-corrected chi connectivity index (χ1v) is 10.0. The zero-order chi connectivity index (χ0) is 20.1. The molecule has 0 aliphatic carbocycles. The van der Waals surface area contributed by atoms with Crippen LogP contribution in [-0.4, -0.2) is 46.7 Å². The highest BCUT2D eigenvalue weighted by Gasteiger charge is 2.25. The highest BCUT2D eigenvalue weighted by atomic mass is 35.5. The van der Waals surface area contributed by atoms with Crippen LogP contribution in [0.25, 0.3) is 5.69 Å². The molecule has 1 unspecified atom stereocenters. The quantitative estimate of drug-likeness (QED) is 0.501. The Labute approximate surface area is 175 Å². The van der Waals surface area contributed by atoms with E-state index in [0.29, 0.717) is 11.6 Å². The molecule has 0 spiro atoms. The first-order valence-electron chi connectivity index (χ1n) is 9.63. The van der Waals surface area contributed by atoms with Crippen molar-refractivity contribution in [1.82, 2.24) is 25.2 Å². The minimum Gasteiger partial charge on any atom is -0.353 e. The zero-order valence-electron chi connectivity index (χ0n) is 16.3. The van der Waals surface area contributed by atoms with Gasteiger partial charge in [-0.25, -0.2) is 9.97 Å². The number of nitrogens with one attached hydrogen (secondary N) is 2. The average molecular weight is 410 g/mol. The van der Waals surface area contributed by atoms with Gasteiger partial charge in [0.2, 0.25) is 0 Å². The normalized spacial score (nSPS) is 16.8. The van der Waals surface area contributed by atoms with Crippen molar-refractivity contribution >= 4 is 23.4 Å². The first kappa shape index (κ1) is 19.3. The van der Waals surface area contributed by atoms with Crippen molar-refractivity contribution in [3.63, 3.8) is 0 Å². The molecule has 29 heavy (non-hydrogen) atoms. The van der Waals surface area contributed by atoms with Gasteiger partial charge in [-0.3, -0.25) is 4.99 Å². The van der Waals surface area contributed by atoms with Crippen molar-refractivity contribution < 1.29 is 0 Å². The number of anilines is 1. The summed E-state index contributed by atoms with van der Waals surface area (Å²) in [4.78, 5) is 15.2. The van der Waals surface area contributed by atoms with E-state index < -0.39 is 0 Å². The third kappa shape index (κ3) is 4.51. The molecule has 0 radical (unpaired) electrons. The standard InChI is InChI=1S/C21H24ClN7/c1-23-21(26-13-16-5-2-3-7-19(16)29-12-10-24-15-29)27-17-8-11-28(14-17)20-18(22)6-4-9-25-20/h2-7,9-10,12,15,17H,8,11,13-14H2,1H3,(H2,23,26,27). The third-order valence-electron chi connectivity index (χ3n) is 5.01. The Morgan fingerprint density at radius 1 is 1.24 bits per heavy atom. The van der Waals surface area contributed by atoms with Crippen LogP contribution in [0.3, 0.4) is 0 Å². The van der Waals surface area contributed by atoms with Gasteiger partial charge >= 0.3 is 0 Å². The maximum Gasteiger partial charge on any atom is 0.191 e.